The van der Waals surface area contributed by atoms with Crippen LogP contribution >= 0.6 is 0 Å². The molecular formula is C8H19N3O4S. The monoisotopic (exact) mass is 253 g/mol. The Morgan fingerprint density at radius 3 is 2.38 bits per heavy atom. The predicted octanol–water partition coefficient (Wildman–Crippen LogP) is -2.01. The fraction of sp³-hybridized carbons (Fsp3) is 1.00. The first kappa shape index (κ1) is 13.8. The fourth-order valence-corrected chi connectivity index (χ4v) is 2.11. The number of hydrazine groups is 1. The number of nitrogens with zero attached hydrogens (tertiary/aromatic N) is 2. The van der Waals surface area contributed by atoms with Crippen LogP contribution in [-0.2, 0) is 10.1 Å². The molecule has 1 aliphatic heterocycles. The molecule has 0 aromatic heterocycles. The Balaban J connectivity index is 2.45. The summed E-state index contributed by atoms with van der Waals surface area (Å²) in [5, 5.41) is 15.9. The van der Waals surface area contributed by atoms with Gasteiger partial charge in [-0.3, -0.25) is 4.55 Å². The van der Waals surface area contributed by atoms with E-state index in [0.29, 0.717) is 6.54 Å². The molecule has 1 fully saturated rings. The predicted molar refractivity (Wildman–Crippen MR) is 59.5 cm³/mol. The lowest BCUT2D eigenvalue weighted by Crippen LogP contribution is -2.54. The van der Waals surface area contributed by atoms with Gasteiger partial charge in [0, 0.05) is 39.3 Å². The maximum Gasteiger partial charge on any atom is 0.266 e. The van der Waals surface area contributed by atoms with Gasteiger partial charge in [0.25, 0.3) is 10.1 Å². The van der Waals surface area contributed by atoms with E-state index in [0.717, 1.165) is 26.2 Å². The van der Waals surface area contributed by atoms with Crippen molar-refractivity contribution >= 4 is 10.1 Å². The van der Waals surface area contributed by atoms with Gasteiger partial charge in [-0.05, 0) is 0 Å². The number of hydrogen-bond donors (Lipinski definition) is 3. The molecule has 1 heterocycles. The molecule has 16 heavy (non-hydrogen) atoms. The lowest BCUT2D eigenvalue weighted by atomic mass is 10.4. The lowest BCUT2D eigenvalue weighted by molar-refractivity contribution is -0.0386. The van der Waals surface area contributed by atoms with Crippen molar-refractivity contribution in [1.29, 1.82) is 0 Å². The van der Waals surface area contributed by atoms with Crippen molar-refractivity contribution in [3.8, 4) is 0 Å². The normalized spacial score (nSPS) is 19.2. The third-order valence-electron chi connectivity index (χ3n) is 2.46. The average molecular weight is 253 g/mol. The van der Waals surface area contributed by atoms with Gasteiger partial charge in [-0.15, -0.1) is 0 Å². The molecule has 8 heteroatoms. The van der Waals surface area contributed by atoms with Crippen LogP contribution in [0.15, 0.2) is 0 Å². The summed E-state index contributed by atoms with van der Waals surface area (Å²) in [5.41, 5.74) is 0. The van der Waals surface area contributed by atoms with E-state index in [4.69, 9.17) is 9.66 Å². The molecule has 0 aliphatic carbocycles. The van der Waals surface area contributed by atoms with Gasteiger partial charge < -0.3 is 10.4 Å². The quantitative estimate of drug-likeness (QED) is 0.471. The number of hydrogen-bond acceptors (Lipinski definition) is 6. The maximum atomic E-state index is 10.7. The highest BCUT2D eigenvalue weighted by molar-refractivity contribution is 7.85. The van der Waals surface area contributed by atoms with Crippen LogP contribution in [0.4, 0.5) is 0 Å². The van der Waals surface area contributed by atoms with Gasteiger partial charge in [0.15, 0.2) is 0 Å². The van der Waals surface area contributed by atoms with E-state index < -0.39 is 10.1 Å². The van der Waals surface area contributed by atoms with Crippen molar-refractivity contribution in [2.45, 2.75) is 0 Å². The topological polar surface area (TPSA) is 93.1 Å². The summed E-state index contributed by atoms with van der Waals surface area (Å²) in [5.74, 6) is -0.309. The number of nitrogens with one attached hydrogen (secondary N) is 1. The second-order valence-corrected chi connectivity index (χ2v) is 5.24. The van der Waals surface area contributed by atoms with Crippen molar-refractivity contribution in [1.82, 2.24) is 15.3 Å². The van der Waals surface area contributed by atoms with Gasteiger partial charge in [0.05, 0.1) is 12.4 Å². The summed E-state index contributed by atoms with van der Waals surface area (Å²) >= 11 is 0. The fourth-order valence-electron chi connectivity index (χ4n) is 1.67. The third kappa shape index (κ3) is 5.19. The molecule has 0 aromatic carbocycles. The number of aliphatic hydroxyl groups excluding tert-OH is 1. The van der Waals surface area contributed by atoms with Gasteiger partial charge in [0.1, 0.15) is 0 Å². The summed E-state index contributed by atoms with van der Waals surface area (Å²) in [4.78, 5) is 0. The molecular weight excluding hydrogens is 234 g/mol. The highest BCUT2D eigenvalue weighted by Crippen LogP contribution is 2.00. The molecule has 0 radical (unpaired) electrons. The minimum absolute atomic E-state index is 0.0323. The Labute approximate surface area is 95.8 Å². The standard InChI is InChI=1S/C8H19N3O4S/c12-7-5-11(6-8-16(13,14)15)10-3-1-9-2-4-10/h9,12H,1-8H2,(H,13,14,15). The first-order valence-electron chi connectivity index (χ1n) is 5.29. The minimum atomic E-state index is -3.94. The number of piperazine rings is 1. The summed E-state index contributed by atoms with van der Waals surface area (Å²) in [7, 11) is -3.94. The Morgan fingerprint density at radius 1 is 1.25 bits per heavy atom. The van der Waals surface area contributed by atoms with E-state index in [-0.39, 0.29) is 18.9 Å². The number of rotatable bonds is 6. The zero-order valence-electron chi connectivity index (χ0n) is 9.17. The molecule has 0 aromatic rings. The third-order valence-corrected chi connectivity index (χ3v) is 3.16. The Kier molecular flexibility index (Phi) is 5.59. The Hall–Kier alpha value is -0.250. The highest BCUT2D eigenvalue weighted by atomic mass is 32.2. The van der Waals surface area contributed by atoms with Crippen molar-refractivity contribution < 1.29 is 18.1 Å². The molecule has 96 valence electrons. The van der Waals surface area contributed by atoms with Crippen molar-refractivity contribution in [2.24, 2.45) is 0 Å². The van der Waals surface area contributed by atoms with Crippen LogP contribution in [0.3, 0.4) is 0 Å². The number of aliphatic hydroxyl groups is 1. The van der Waals surface area contributed by atoms with Gasteiger partial charge in [-0.1, -0.05) is 0 Å². The molecule has 0 bridgehead atoms. The summed E-state index contributed by atoms with van der Waals surface area (Å²) in [6, 6.07) is 0. The second-order valence-electron chi connectivity index (χ2n) is 3.67. The first-order chi connectivity index (χ1) is 7.53. The molecule has 0 unspecified atom stereocenters. The van der Waals surface area contributed by atoms with Crippen LogP contribution < -0.4 is 5.32 Å². The zero-order valence-corrected chi connectivity index (χ0v) is 9.99. The average Bonchev–Trinajstić information content (AvgIpc) is 2.24. The highest BCUT2D eigenvalue weighted by Gasteiger charge is 2.19. The van der Waals surface area contributed by atoms with E-state index in [1.54, 1.807) is 5.01 Å². The molecule has 7 nitrogen and oxygen atoms in total. The Morgan fingerprint density at radius 2 is 1.88 bits per heavy atom. The van der Waals surface area contributed by atoms with Crippen molar-refractivity contribution in [3.05, 3.63) is 0 Å². The van der Waals surface area contributed by atoms with Crippen LogP contribution in [-0.4, -0.2) is 79.7 Å². The van der Waals surface area contributed by atoms with Gasteiger partial charge in [-0.25, -0.2) is 10.0 Å². The minimum Gasteiger partial charge on any atom is -0.395 e. The SMILES string of the molecule is O=S(=O)(O)CCN(CCO)N1CCNCC1. The lowest BCUT2D eigenvalue weighted by Gasteiger charge is -2.37. The van der Waals surface area contributed by atoms with Gasteiger partial charge in [0.2, 0.25) is 0 Å². The zero-order chi connectivity index (χ0) is 12.0. The summed E-state index contributed by atoms with van der Waals surface area (Å²) in [6.45, 7) is 3.81. The molecule has 0 saturated carbocycles. The van der Waals surface area contributed by atoms with Crippen molar-refractivity contribution in [3.63, 3.8) is 0 Å². The molecule has 3 N–H and O–H groups in total. The van der Waals surface area contributed by atoms with Crippen LogP contribution in [0.1, 0.15) is 0 Å². The molecule has 0 atom stereocenters. The van der Waals surface area contributed by atoms with Crippen LogP contribution in [0, 0.1) is 0 Å². The van der Waals surface area contributed by atoms with E-state index >= 15 is 0 Å². The molecule has 0 amide bonds. The first-order valence-corrected chi connectivity index (χ1v) is 6.90. The van der Waals surface area contributed by atoms with Crippen LogP contribution in [0.5, 0.6) is 0 Å². The van der Waals surface area contributed by atoms with E-state index in [1.165, 1.54) is 0 Å². The van der Waals surface area contributed by atoms with Gasteiger partial charge >= 0.3 is 0 Å². The largest absolute Gasteiger partial charge is 0.395 e. The van der Waals surface area contributed by atoms with Crippen molar-refractivity contribution in [2.75, 3.05) is 51.6 Å². The van der Waals surface area contributed by atoms with Crippen LogP contribution in [0.25, 0.3) is 0 Å². The molecule has 0 spiro atoms. The smallest absolute Gasteiger partial charge is 0.266 e. The van der Waals surface area contributed by atoms with E-state index in [2.05, 4.69) is 5.32 Å². The molecule has 1 saturated heterocycles. The molecule has 1 aliphatic rings. The van der Waals surface area contributed by atoms with Gasteiger partial charge in [-0.2, -0.15) is 8.42 Å². The van der Waals surface area contributed by atoms with Crippen LogP contribution in [0.2, 0.25) is 0 Å². The maximum absolute atomic E-state index is 10.7. The summed E-state index contributed by atoms with van der Waals surface area (Å²) in [6.07, 6.45) is 0. The molecule has 1 rings (SSSR count). The Bertz CT molecular complexity index is 290. The summed E-state index contributed by atoms with van der Waals surface area (Å²) < 4.78 is 30.0. The van der Waals surface area contributed by atoms with E-state index in [9.17, 15) is 8.42 Å². The second kappa shape index (κ2) is 6.48. The van der Waals surface area contributed by atoms with E-state index in [1.807, 2.05) is 5.01 Å².